The summed E-state index contributed by atoms with van der Waals surface area (Å²) in [5, 5.41) is 0. The minimum Gasteiger partial charge on any atom is -0.497 e. The van der Waals surface area contributed by atoms with Gasteiger partial charge in [0.05, 0.1) is 7.11 Å². The monoisotopic (exact) mass is 306 g/mol. The molecule has 0 spiro atoms. The van der Waals surface area contributed by atoms with E-state index in [9.17, 15) is 0 Å². The van der Waals surface area contributed by atoms with Gasteiger partial charge in [-0.15, -0.1) is 0 Å². The average Bonchev–Trinajstić information content (AvgIpc) is 2.62. The summed E-state index contributed by atoms with van der Waals surface area (Å²) in [4.78, 5) is 8.72. The van der Waals surface area contributed by atoms with Crippen molar-refractivity contribution >= 4 is 0 Å². The van der Waals surface area contributed by atoms with Gasteiger partial charge in [-0.2, -0.15) is 0 Å². The minimum absolute atomic E-state index is 0.481. The zero-order valence-electron chi connectivity index (χ0n) is 13.0. The van der Waals surface area contributed by atoms with E-state index in [-0.39, 0.29) is 0 Å². The largest absolute Gasteiger partial charge is 0.497 e. The molecule has 0 aliphatic heterocycles. The van der Waals surface area contributed by atoms with Crippen LogP contribution in [0.15, 0.2) is 67.0 Å². The van der Waals surface area contributed by atoms with Crippen molar-refractivity contribution in [3.05, 3.63) is 83.8 Å². The van der Waals surface area contributed by atoms with Crippen LogP contribution in [0.4, 0.5) is 0 Å². The molecule has 3 aromatic rings. The first-order valence-electron chi connectivity index (χ1n) is 7.44. The number of ether oxygens (including phenoxy) is 2. The Labute approximate surface area is 135 Å². The molecule has 0 amide bonds. The molecule has 116 valence electrons. The van der Waals surface area contributed by atoms with Crippen LogP contribution in [0, 0.1) is 0 Å². The van der Waals surface area contributed by atoms with Crippen LogP contribution < -0.4 is 9.47 Å². The maximum atomic E-state index is 5.84. The van der Waals surface area contributed by atoms with Crippen LogP contribution in [0.5, 0.6) is 11.6 Å². The highest BCUT2D eigenvalue weighted by Crippen LogP contribution is 2.19. The Kier molecular flexibility index (Phi) is 4.84. The Morgan fingerprint density at radius 2 is 1.57 bits per heavy atom. The van der Waals surface area contributed by atoms with Crippen molar-refractivity contribution in [1.29, 1.82) is 0 Å². The van der Waals surface area contributed by atoms with Gasteiger partial charge in [-0.1, -0.05) is 42.5 Å². The van der Waals surface area contributed by atoms with E-state index in [1.165, 1.54) is 0 Å². The van der Waals surface area contributed by atoms with Gasteiger partial charge in [0.2, 0.25) is 5.88 Å². The molecule has 0 fully saturated rings. The average molecular weight is 306 g/mol. The van der Waals surface area contributed by atoms with E-state index in [4.69, 9.17) is 9.47 Å². The van der Waals surface area contributed by atoms with Crippen molar-refractivity contribution in [3.63, 3.8) is 0 Å². The Bertz CT molecular complexity index is 743. The summed E-state index contributed by atoms with van der Waals surface area (Å²) in [6, 6.07) is 18.0. The SMILES string of the molecule is COc1ccc(Cc2nccnc2OCc2ccccc2)cc1. The molecule has 23 heavy (non-hydrogen) atoms. The first-order valence-corrected chi connectivity index (χ1v) is 7.44. The Hall–Kier alpha value is -2.88. The number of aromatic nitrogens is 2. The maximum Gasteiger partial charge on any atom is 0.236 e. The fraction of sp³-hybridized carbons (Fsp3) is 0.158. The molecule has 1 aromatic heterocycles. The molecule has 3 rings (SSSR count). The second kappa shape index (κ2) is 7.40. The number of hydrogen-bond acceptors (Lipinski definition) is 4. The third kappa shape index (κ3) is 4.07. The van der Waals surface area contributed by atoms with Gasteiger partial charge in [-0.05, 0) is 23.3 Å². The summed E-state index contributed by atoms with van der Waals surface area (Å²) < 4.78 is 11.0. The van der Waals surface area contributed by atoms with Crippen molar-refractivity contribution in [1.82, 2.24) is 9.97 Å². The van der Waals surface area contributed by atoms with E-state index in [1.54, 1.807) is 19.5 Å². The van der Waals surface area contributed by atoms with E-state index < -0.39 is 0 Å². The zero-order valence-corrected chi connectivity index (χ0v) is 13.0. The number of benzene rings is 2. The van der Waals surface area contributed by atoms with Crippen LogP contribution in [0.1, 0.15) is 16.8 Å². The molecule has 4 heteroatoms. The summed E-state index contributed by atoms with van der Waals surface area (Å²) >= 11 is 0. The first kappa shape index (κ1) is 15.0. The predicted molar refractivity (Wildman–Crippen MR) is 88.6 cm³/mol. The lowest BCUT2D eigenvalue weighted by atomic mass is 10.1. The summed E-state index contributed by atoms with van der Waals surface area (Å²) in [7, 11) is 1.66. The van der Waals surface area contributed by atoms with Crippen LogP contribution in [0.2, 0.25) is 0 Å². The normalized spacial score (nSPS) is 10.3. The van der Waals surface area contributed by atoms with Crippen LogP contribution in [-0.4, -0.2) is 17.1 Å². The second-order valence-corrected chi connectivity index (χ2v) is 5.11. The lowest BCUT2D eigenvalue weighted by Crippen LogP contribution is -2.03. The highest BCUT2D eigenvalue weighted by molar-refractivity contribution is 5.32. The highest BCUT2D eigenvalue weighted by atomic mass is 16.5. The molecular formula is C19H18N2O2. The van der Waals surface area contributed by atoms with E-state index in [0.717, 1.165) is 22.6 Å². The Morgan fingerprint density at radius 1 is 0.826 bits per heavy atom. The molecule has 0 aliphatic rings. The standard InChI is InChI=1S/C19H18N2O2/c1-22-17-9-7-15(8-10-17)13-18-19(21-12-11-20-18)23-14-16-5-3-2-4-6-16/h2-12H,13-14H2,1H3. The van der Waals surface area contributed by atoms with Gasteiger partial charge >= 0.3 is 0 Å². The molecule has 2 aromatic carbocycles. The van der Waals surface area contributed by atoms with Crippen molar-refractivity contribution < 1.29 is 9.47 Å². The van der Waals surface area contributed by atoms with Crippen molar-refractivity contribution in [2.24, 2.45) is 0 Å². The number of methoxy groups -OCH3 is 1. The molecule has 0 atom stereocenters. The number of rotatable bonds is 6. The zero-order chi connectivity index (χ0) is 15.9. The fourth-order valence-electron chi connectivity index (χ4n) is 2.26. The van der Waals surface area contributed by atoms with Crippen molar-refractivity contribution in [2.45, 2.75) is 13.0 Å². The van der Waals surface area contributed by atoms with Crippen LogP contribution in [-0.2, 0) is 13.0 Å². The van der Waals surface area contributed by atoms with Crippen LogP contribution >= 0.6 is 0 Å². The summed E-state index contributed by atoms with van der Waals surface area (Å²) in [6.07, 6.45) is 4.01. The minimum atomic E-state index is 0.481. The van der Waals surface area contributed by atoms with Gasteiger partial charge in [-0.3, -0.25) is 4.98 Å². The maximum absolute atomic E-state index is 5.84. The third-order valence-corrected chi connectivity index (χ3v) is 3.48. The molecule has 0 radical (unpaired) electrons. The quantitative estimate of drug-likeness (QED) is 0.697. The molecule has 0 unspecified atom stereocenters. The summed E-state index contributed by atoms with van der Waals surface area (Å²) in [5.41, 5.74) is 3.07. The van der Waals surface area contributed by atoms with Gasteiger partial charge in [0, 0.05) is 18.8 Å². The molecule has 0 aliphatic carbocycles. The molecular weight excluding hydrogens is 288 g/mol. The van der Waals surface area contributed by atoms with Gasteiger partial charge in [0.25, 0.3) is 0 Å². The Balaban J connectivity index is 1.72. The molecule has 4 nitrogen and oxygen atoms in total. The topological polar surface area (TPSA) is 44.2 Å². The summed E-state index contributed by atoms with van der Waals surface area (Å²) in [6.45, 7) is 0.481. The van der Waals surface area contributed by atoms with Crippen molar-refractivity contribution in [3.8, 4) is 11.6 Å². The fourth-order valence-corrected chi connectivity index (χ4v) is 2.26. The lowest BCUT2D eigenvalue weighted by molar-refractivity contribution is 0.289. The van der Waals surface area contributed by atoms with E-state index >= 15 is 0 Å². The second-order valence-electron chi connectivity index (χ2n) is 5.11. The van der Waals surface area contributed by atoms with Crippen LogP contribution in [0.25, 0.3) is 0 Å². The lowest BCUT2D eigenvalue weighted by Gasteiger charge is -2.10. The van der Waals surface area contributed by atoms with Crippen molar-refractivity contribution in [2.75, 3.05) is 7.11 Å². The Morgan fingerprint density at radius 3 is 2.30 bits per heavy atom. The predicted octanol–water partition coefficient (Wildman–Crippen LogP) is 3.66. The molecule has 0 N–H and O–H groups in total. The third-order valence-electron chi connectivity index (χ3n) is 3.48. The summed E-state index contributed by atoms with van der Waals surface area (Å²) in [5.74, 6) is 1.42. The smallest absolute Gasteiger partial charge is 0.236 e. The number of nitrogens with zero attached hydrogens (tertiary/aromatic N) is 2. The molecule has 0 bridgehead atoms. The molecule has 1 heterocycles. The molecule has 0 saturated heterocycles. The highest BCUT2D eigenvalue weighted by Gasteiger charge is 2.08. The van der Waals surface area contributed by atoms with Gasteiger partial charge in [0.1, 0.15) is 18.1 Å². The van der Waals surface area contributed by atoms with E-state index in [0.29, 0.717) is 18.9 Å². The van der Waals surface area contributed by atoms with Crippen LogP contribution in [0.3, 0.4) is 0 Å². The first-order chi connectivity index (χ1) is 11.3. The molecule has 0 saturated carbocycles. The van der Waals surface area contributed by atoms with Gasteiger partial charge < -0.3 is 9.47 Å². The number of hydrogen-bond donors (Lipinski definition) is 0. The van der Waals surface area contributed by atoms with E-state index in [1.807, 2.05) is 54.6 Å². The van der Waals surface area contributed by atoms with E-state index in [2.05, 4.69) is 9.97 Å². The van der Waals surface area contributed by atoms with Gasteiger partial charge in [-0.25, -0.2) is 4.98 Å². The van der Waals surface area contributed by atoms with Gasteiger partial charge in [0.15, 0.2) is 0 Å².